The van der Waals surface area contributed by atoms with Gasteiger partial charge in [-0.2, -0.15) is 13.2 Å². The van der Waals surface area contributed by atoms with E-state index in [1.165, 1.54) is 18.6 Å². The highest BCUT2D eigenvalue weighted by atomic mass is 19.4. The van der Waals surface area contributed by atoms with Gasteiger partial charge in [0.05, 0.1) is 12.1 Å². The van der Waals surface area contributed by atoms with Crippen LogP contribution in [0.1, 0.15) is 32.3 Å². The van der Waals surface area contributed by atoms with Crippen molar-refractivity contribution in [2.24, 2.45) is 4.99 Å². The maximum atomic E-state index is 12.6. The number of likely N-dealkylation sites (tertiary alicyclic amines) is 1. The average Bonchev–Trinajstić information content (AvgIpc) is 3.15. The van der Waals surface area contributed by atoms with Crippen LogP contribution in [0, 0.1) is 0 Å². The van der Waals surface area contributed by atoms with E-state index in [-0.39, 0.29) is 18.9 Å². The van der Waals surface area contributed by atoms with Gasteiger partial charge in [0, 0.05) is 19.1 Å². The van der Waals surface area contributed by atoms with E-state index in [1.54, 1.807) is 0 Å². The maximum absolute atomic E-state index is 12.6. The first-order chi connectivity index (χ1) is 13.8. The first-order valence-corrected chi connectivity index (χ1v) is 10.1. The summed E-state index contributed by atoms with van der Waals surface area (Å²) >= 11 is 0. The van der Waals surface area contributed by atoms with Gasteiger partial charge in [-0.1, -0.05) is 6.92 Å². The number of rotatable bonds is 9. The molecule has 6 nitrogen and oxygen atoms in total. The Morgan fingerprint density at radius 2 is 2.00 bits per heavy atom. The van der Waals surface area contributed by atoms with Crippen molar-refractivity contribution in [3.05, 3.63) is 29.8 Å². The molecule has 1 heterocycles. The number of alkyl halides is 3. The average molecular weight is 416 g/mol. The number of guanidine groups is 1. The predicted octanol–water partition coefficient (Wildman–Crippen LogP) is 2.48. The second-order valence-corrected chi connectivity index (χ2v) is 7.01. The van der Waals surface area contributed by atoms with Crippen LogP contribution in [0.15, 0.2) is 29.3 Å². The highest BCUT2D eigenvalue weighted by Gasteiger charge is 2.30. The molecule has 1 fully saturated rings. The molecule has 1 aliphatic heterocycles. The zero-order valence-corrected chi connectivity index (χ0v) is 17.0. The van der Waals surface area contributed by atoms with Gasteiger partial charge < -0.3 is 20.5 Å². The molecule has 1 aromatic carbocycles. The van der Waals surface area contributed by atoms with Gasteiger partial charge in [-0.05, 0) is 57.1 Å². The minimum atomic E-state index is -4.38. The Morgan fingerprint density at radius 3 is 2.62 bits per heavy atom. The molecule has 0 radical (unpaired) electrons. The van der Waals surface area contributed by atoms with Crippen molar-refractivity contribution in [2.45, 2.75) is 45.0 Å². The molecule has 9 heteroatoms. The zero-order chi connectivity index (χ0) is 21.3. The second kappa shape index (κ2) is 11.3. The third-order valence-electron chi connectivity index (χ3n) is 4.84. The van der Waals surface area contributed by atoms with Gasteiger partial charge in [0.1, 0.15) is 18.5 Å². The molecular weight excluding hydrogens is 385 g/mol. The lowest BCUT2D eigenvalue weighted by molar-refractivity contribution is -0.137. The third kappa shape index (κ3) is 7.74. The van der Waals surface area contributed by atoms with Crippen LogP contribution in [-0.2, 0) is 6.18 Å². The Labute approximate surface area is 170 Å². The van der Waals surface area contributed by atoms with E-state index in [4.69, 9.17) is 4.74 Å². The Morgan fingerprint density at radius 1 is 1.28 bits per heavy atom. The summed E-state index contributed by atoms with van der Waals surface area (Å²) in [6.07, 6.45) is -2.89. The SMILES string of the molecule is CCNC(=NCC(O)COc1ccc(C(F)(F)F)cc1)NCC1CCCN1CC. The van der Waals surface area contributed by atoms with E-state index in [0.717, 1.165) is 38.2 Å². The van der Waals surface area contributed by atoms with Crippen molar-refractivity contribution < 1.29 is 23.0 Å². The van der Waals surface area contributed by atoms with Crippen LogP contribution in [0.5, 0.6) is 5.75 Å². The number of aliphatic hydroxyl groups is 1. The molecule has 0 bridgehead atoms. The van der Waals surface area contributed by atoms with Crippen LogP contribution in [0.4, 0.5) is 13.2 Å². The number of likely N-dealkylation sites (N-methyl/N-ethyl adjacent to an activating group) is 1. The molecule has 3 N–H and O–H groups in total. The van der Waals surface area contributed by atoms with Gasteiger partial charge in [-0.25, -0.2) is 0 Å². The maximum Gasteiger partial charge on any atom is 0.416 e. The van der Waals surface area contributed by atoms with Crippen LogP contribution in [0.3, 0.4) is 0 Å². The van der Waals surface area contributed by atoms with Crippen molar-refractivity contribution in [3.8, 4) is 5.75 Å². The van der Waals surface area contributed by atoms with Crippen molar-refractivity contribution in [1.82, 2.24) is 15.5 Å². The summed E-state index contributed by atoms with van der Waals surface area (Å²) in [5.41, 5.74) is -0.736. The number of aliphatic hydroxyl groups excluding tert-OH is 1. The van der Waals surface area contributed by atoms with Gasteiger partial charge >= 0.3 is 6.18 Å². The largest absolute Gasteiger partial charge is 0.491 e. The minimum Gasteiger partial charge on any atom is -0.491 e. The number of halogens is 3. The molecule has 0 spiro atoms. The number of aliphatic imine (C=N–C) groups is 1. The van der Waals surface area contributed by atoms with Crippen LogP contribution in [-0.4, -0.2) is 67.4 Å². The lowest BCUT2D eigenvalue weighted by Gasteiger charge is -2.24. The predicted molar refractivity (Wildman–Crippen MR) is 107 cm³/mol. The molecule has 1 saturated heterocycles. The summed E-state index contributed by atoms with van der Waals surface area (Å²) in [7, 11) is 0. The van der Waals surface area contributed by atoms with Crippen molar-refractivity contribution in [1.29, 1.82) is 0 Å². The first kappa shape index (κ1) is 23.3. The Kier molecular flexibility index (Phi) is 9.03. The third-order valence-corrected chi connectivity index (χ3v) is 4.84. The molecule has 1 aliphatic rings. The molecule has 0 aliphatic carbocycles. The van der Waals surface area contributed by atoms with E-state index in [2.05, 4.69) is 27.4 Å². The van der Waals surface area contributed by atoms with Crippen molar-refractivity contribution in [2.75, 3.05) is 39.3 Å². The summed E-state index contributed by atoms with van der Waals surface area (Å²) in [6.45, 7) is 7.83. The molecule has 0 amide bonds. The zero-order valence-electron chi connectivity index (χ0n) is 17.0. The topological polar surface area (TPSA) is 69.1 Å². The molecule has 2 unspecified atom stereocenters. The van der Waals surface area contributed by atoms with E-state index >= 15 is 0 Å². The van der Waals surface area contributed by atoms with Gasteiger partial charge in [0.2, 0.25) is 0 Å². The fraction of sp³-hybridized carbons (Fsp3) is 0.650. The summed E-state index contributed by atoms with van der Waals surface area (Å²) in [6, 6.07) is 4.87. The van der Waals surface area contributed by atoms with Gasteiger partial charge in [0.25, 0.3) is 0 Å². The molecule has 2 atom stereocenters. The summed E-state index contributed by atoms with van der Waals surface area (Å²) in [5.74, 6) is 0.899. The lowest BCUT2D eigenvalue weighted by Crippen LogP contribution is -2.45. The number of hydrogen-bond acceptors (Lipinski definition) is 4. The molecule has 2 rings (SSSR count). The number of nitrogens with one attached hydrogen (secondary N) is 2. The summed E-state index contributed by atoms with van der Waals surface area (Å²) in [5, 5.41) is 16.6. The molecule has 1 aromatic rings. The molecule has 0 saturated carbocycles. The van der Waals surface area contributed by atoms with E-state index in [9.17, 15) is 18.3 Å². The number of nitrogens with zero attached hydrogens (tertiary/aromatic N) is 2. The van der Waals surface area contributed by atoms with Crippen LogP contribution >= 0.6 is 0 Å². The number of hydrogen-bond donors (Lipinski definition) is 3. The van der Waals surface area contributed by atoms with Crippen molar-refractivity contribution in [3.63, 3.8) is 0 Å². The highest BCUT2D eigenvalue weighted by Crippen LogP contribution is 2.30. The van der Waals surface area contributed by atoms with E-state index in [0.29, 0.717) is 18.5 Å². The summed E-state index contributed by atoms with van der Waals surface area (Å²) < 4.78 is 43.1. The van der Waals surface area contributed by atoms with E-state index < -0.39 is 17.8 Å². The number of ether oxygens (including phenoxy) is 1. The number of benzene rings is 1. The van der Waals surface area contributed by atoms with Gasteiger partial charge in [-0.3, -0.25) is 9.89 Å². The van der Waals surface area contributed by atoms with Crippen molar-refractivity contribution >= 4 is 5.96 Å². The smallest absolute Gasteiger partial charge is 0.416 e. The first-order valence-electron chi connectivity index (χ1n) is 10.1. The second-order valence-electron chi connectivity index (χ2n) is 7.01. The normalized spacial score (nSPS) is 19.2. The van der Waals surface area contributed by atoms with Crippen LogP contribution in [0.2, 0.25) is 0 Å². The molecular formula is C20H31F3N4O2. The highest BCUT2D eigenvalue weighted by molar-refractivity contribution is 5.79. The Bertz CT molecular complexity index is 638. The molecule has 29 heavy (non-hydrogen) atoms. The Balaban J connectivity index is 1.79. The van der Waals surface area contributed by atoms with E-state index in [1.807, 2.05) is 6.92 Å². The van der Waals surface area contributed by atoms with Gasteiger partial charge in [-0.15, -0.1) is 0 Å². The molecule has 0 aromatic heterocycles. The van der Waals surface area contributed by atoms with Crippen LogP contribution in [0.25, 0.3) is 0 Å². The minimum absolute atomic E-state index is 0.0551. The van der Waals surface area contributed by atoms with Crippen LogP contribution < -0.4 is 15.4 Å². The monoisotopic (exact) mass is 416 g/mol. The fourth-order valence-corrected chi connectivity index (χ4v) is 3.28. The van der Waals surface area contributed by atoms with Gasteiger partial charge in [0.15, 0.2) is 5.96 Å². The quantitative estimate of drug-likeness (QED) is 0.426. The Hall–Kier alpha value is -2.00. The molecule has 164 valence electrons. The fourth-order valence-electron chi connectivity index (χ4n) is 3.28. The standard InChI is InChI=1S/C20H31F3N4O2/c1-3-24-19(25-12-16-6-5-11-27(16)4-2)26-13-17(28)14-29-18-9-7-15(8-10-18)20(21,22)23/h7-10,16-17,28H,3-6,11-14H2,1-2H3,(H2,24,25,26). The lowest BCUT2D eigenvalue weighted by atomic mass is 10.2. The summed E-state index contributed by atoms with van der Waals surface area (Å²) in [4.78, 5) is 6.81.